The van der Waals surface area contributed by atoms with Crippen molar-refractivity contribution in [3.05, 3.63) is 48.2 Å². The molecule has 2 heterocycles. The Hall–Kier alpha value is -2.13. The maximum Gasteiger partial charge on any atom is 0.435 e. The van der Waals surface area contributed by atoms with Gasteiger partial charge in [-0.05, 0) is 42.3 Å². The Kier molecular flexibility index (Phi) is 5.18. The Morgan fingerprint density at radius 1 is 1.11 bits per heavy atom. The molecule has 0 radical (unpaired) electrons. The van der Waals surface area contributed by atoms with Crippen LogP contribution in [0.4, 0.5) is 13.2 Å². The van der Waals surface area contributed by atoms with Gasteiger partial charge in [0.2, 0.25) is 0 Å². The molecule has 2 aromatic heterocycles. The van der Waals surface area contributed by atoms with Gasteiger partial charge in [-0.1, -0.05) is 19.1 Å². The van der Waals surface area contributed by atoms with Gasteiger partial charge < -0.3 is 0 Å². The summed E-state index contributed by atoms with van der Waals surface area (Å²) in [5.41, 5.74) is 0.187. The SMILES string of the molecule is CCCn1nc(C(F)(F)F)cc1-c1ccc(-c2cccc(S(C)(=O)=O)c2)s1. The van der Waals surface area contributed by atoms with E-state index in [4.69, 9.17) is 0 Å². The summed E-state index contributed by atoms with van der Waals surface area (Å²) < 4.78 is 64.0. The van der Waals surface area contributed by atoms with E-state index < -0.39 is 21.7 Å². The largest absolute Gasteiger partial charge is 0.435 e. The molecule has 144 valence electrons. The highest BCUT2D eigenvalue weighted by atomic mass is 32.2. The predicted molar refractivity (Wildman–Crippen MR) is 99.4 cm³/mol. The van der Waals surface area contributed by atoms with Gasteiger partial charge in [0.25, 0.3) is 0 Å². The van der Waals surface area contributed by atoms with Gasteiger partial charge in [-0.2, -0.15) is 18.3 Å². The van der Waals surface area contributed by atoms with Crippen molar-refractivity contribution in [1.82, 2.24) is 9.78 Å². The number of thiophene rings is 1. The molecular formula is C18H17F3N2O2S2. The van der Waals surface area contributed by atoms with Crippen LogP contribution < -0.4 is 0 Å². The summed E-state index contributed by atoms with van der Waals surface area (Å²) in [5, 5.41) is 3.70. The lowest BCUT2D eigenvalue weighted by molar-refractivity contribution is -0.141. The molecule has 0 spiro atoms. The third kappa shape index (κ3) is 4.24. The lowest BCUT2D eigenvalue weighted by Gasteiger charge is -2.04. The van der Waals surface area contributed by atoms with Gasteiger partial charge in [0.15, 0.2) is 15.5 Å². The second-order valence-electron chi connectivity index (χ2n) is 6.10. The minimum absolute atomic E-state index is 0.199. The zero-order valence-electron chi connectivity index (χ0n) is 14.6. The van der Waals surface area contributed by atoms with E-state index in [9.17, 15) is 21.6 Å². The van der Waals surface area contributed by atoms with E-state index in [-0.39, 0.29) is 4.90 Å². The van der Waals surface area contributed by atoms with Crippen LogP contribution in [0.2, 0.25) is 0 Å². The van der Waals surface area contributed by atoms with Gasteiger partial charge in [0.1, 0.15) is 0 Å². The van der Waals surface area contributed by atoms with E-state index in [1.165, 1.54) is 22.1 Å². The van der Waals surface area contributed by atoms with Crippen LogP contribution in [-0.2, 0) is 22.6 Å². The number of sulfone groups is 1. The lowest BCUT2D eigenvalue weighted by atomic mass is 10.2. The smallest absolute Gasteiger partial charge is 0.263 e. The molecule has 0 unspecified atom stereocenters. The molecule has 3 aromatic rings. The molecule has 0 atom stereocenters. The molecule has 27 heavy (non-hydrogen) atoms. The van der Waals surface area contributed by atoms with E-state index in [0.29, 0.717) is 29.1 Å². The van der Waals surface area contributed by atoms with Crippen LogP contribution in [0.25, 0.3) is 21.0 Å². The van der Waals surface area contributed by atoms with Crippen molar-refractivity contribution in [1.29, 1.82) is 0 Å². The van der Waals surface area contributed by atoms with Crippen LogP contribution in [0.15, 0.2) is 47.4 Å². The number of hydrogen-bond acceptors (Lipinski definition) is 4. The van der Waals surface area contributed by atoms with Crippen LogP contribution in [-0.4, -0.2) is 24.5 Å². The van der Waals surface area contributed by atoms with Crippen molar-refractivity contribution >= 4 is 21.2 Å². The van der Waals surface area contributed by atoms with Gasteiger partial charge in [0, 0.05) is 17.7 Å². The Bertz CT molecular complexity index is 1070. The molecule has 0 aliphatic rings. The highest BCUT2D eigenvalue weighted by Gasteiger charge is 2.35. The van der Waals surface area contributed by atoms with E-state index in [1.807, 2.05) is 6.92 Å². The zero-order chi connectivity index (χ0) is 19.8. The average molecular weight is 414 g/mol. The summed E-state index contributed by atoms with van der Waals surface area (Å²) in [6.07, 6.45) is -2.72. The third-order valence-corrected chi connectivity index (χ3v) is 6.18. The minimum Gasteiger partial charge on any atom is -0.263 e. The standard InChI is InChI=1S/C18H17F3N2O2S2/c1-3-9-23-14(11-17(22-23)18(19,20)21)16-8-7-15(26-16)12-5-4-6-13(10-12)27(2,24)25/h4-8,10-11H,3,9H2,1-2H3. The molecule has 1 aromatic carbocycles. The number of halogens is 3. The first kappa shape index (κ1) is 19.6. The van der Waals surface area contributed by atoms with Crippen LogP contribution in [0.5, 0.6) is 0 Å². The third-order valence-electron chi connectivity index (χ3n) is 3.91. The molecule has 9 heteroatoms. The molecule has 0 aliphatic carbocycles. The van der Waals surface area contributed by atoms with Crippen LogP contribution in [0, 0.1) is 0 Å². The Labute approximate surface area is 159 Å². The second-order valence-corrected chi connectivity index (χ2v) is 9.20. The monoisotopic (exact) mass is 414 g/mol. The van der Waals surface area contributed by atoms with Crippen LogP contribution in [0.3, 0.4) is 0 Å². The van der Waals surface area contributed by atoms with Gasteiger partial charge in [-0.3, -0.25) is 4.68 Å². The van der Waals surface area contributed by atoms with Crippen molar-refractivity contribution in [2.24, 2.45) is 0 Å². The first-order valence-electron chi connectivity index (χ1n) is 8.15. The molecule has 3 rings (SSSR count). The van der Waals surface area contributed by atoms with Crippen LogP contribution in [0.1, 0.15) is 19.0 Å². The molecule has 0 amide bonds. The van der Waals surface area contributed by atoms with E-state index in [0.717, 1.165) is 17.2 Å². The normalized spacial score (nSPS) is 12.5. The van der Waals surface area contributed by atoms with Gasteiger partial charge in [-0.15, -0.1) is 11.3 Å². The first-order valence-corrected chi connectivity index (χ1v) is 10.9. The maximum absolute atomic E-state index is 13.0. The number of aryl methyl sites for hydroxylation is 1. The number of aromatic nitrogens is 2. The quantitative estimate of drug-likeness (QED) is 0.583. The van der Waals surface area contributed by atoms with Crippen LogP contribution >= 0.6 is 11.3 Å². The molecule has 0 N–H and O–H groups in total. The Balaban J connectivity index is 2.03. The maximum atomic E-state index is 13.0. The van der Waals surface area contributed by atoms with Crippen molar-refractivity contribution in [3.63, 3.8) is 0 Å². The fourth-order valence-electron chi connectivity index (χ4n) is 2.65. The van der Waals surface area contributed by atoms with Crippen molar-refractivity contribution in [3.8, 4) is 21.0 Å². The summed E-state index contributed by atoms with van der Waals surface area (Å²) in [7, 11) is -3.34. The fraction of sp³-hybridized carbons (Fsp3) is 0.278. The Morgan fingerprint density at radius 3 is 2.44 bits per heavy atom. The fourth-order valence-corrected chi connectivity index (χ4v) is 4.34. The molecule has 0 aliphatic heterocycles. The Morgan fingerprint density at radius 2 is 1.81 bits per heavy atom. The first-order chi connectivity index (χ1) is 12.6. The number of alkyl halides is 3. The molecule has 0 bridgehead atoms. The molecule has 0 saturated carbocycles. The summed E-state index contributed by atoms with van der Waals surface area (Å²) in [6.45, 7) is 2.25. The summed E-state index contributed by atoms with van der Waals surface area (Å²) >= 11 is 1.30. The molecular weight excluding hydrogens is 397 g/mol. The summed E-state index contributed by atoms with van der Waals surface area (Å²) in [4.78, 5) is 1.62. The van der Waals surface area contributed by atoms with E-state index >= 15 is 0 Å². The van der Waals surface area contributed by atoms with Gasteiger partial charge in [-0.25, -0.2) is 8.42 Å². The minimum atomic E-state index is -4.50. The van der Waals surface area contributed by atoms with E-state index in [2.05, 4.69) is 5.10 Å². The van der Waals surface area contributed by atoms with E-state index in [1.54, 1.807) is 30.3 Å². The van der Waals surface area contributed by atoms with Crippen molar-refractivity contribution in [2.75, 3.05) is 6.26 Å². The number of benzene rings is 1. The highest BCUT2D eigenvalue weighted by molar-refractivity contribution is 7.90. The lowest BCUT2D eigenvalue weighted by Crippen LogP contribution is -2.08. The summed E-state index contributed by atoms with van der Waals surface area (Å²) in [6, 6.07) is 11.1. The number of rotatable bonds is 5. The highest BCUT2D eigenvalue weighted by Crippen LogP contribution is 2.38. The molecule has 4 nitrogen and oxygen atoms in total. The second kappa shape index (κ2) is 7.12. The molecule has 0 saturated heterocycles. The van der Waals surface area contributed by atoms with Crippen molar-refractivity contribution in [2.45, 2.75) is 31.0 Å². The van der Waals surface area contributed by atoms with Gasteiger partial charge >= 0.3 is 6.18 Å². The summed E-state index contributed by atoms with van der Waals surface area (Å²) in [5.74, 6) is 0. The zero-order valence-corrected chi connectivity index (χ0v) is 16.2. The number of hydrogen-bond donors (Lipinski definition) is 0. The average Bonchev–Trinajstić information content (AvgIpc) is 3.21. The number of nitrogens with zero attached hydrogens (tertiary/aromatic N) is 2. The topological polar surface area (TPSA) is 52.0 Å². The van der Waals surface area contributed by atoms with Crippen molar-refractivity contribution < 1.29 is 21.6 Å². The predicted octanol–water partition coefficient (Wildman–Crippen LogP) is 5.11. The molecule has 0 fully saturated rings. The van der Waals surface area contributed by atoms with Gasteiger partial charge in [0.05, 0.1) is 15.5 Å².